The van der Waals surface area contributed by atoms with Gasteiger partial charge in [0.2, 0.25) is 0 Å². The molecule has 0 aliphatic rings. The highest BCUT2D eigenvalue weighted by atomic mass is 35.5. The summed E-state index contributed by atoms with van der Waals surface area (Å²) in [5.41, 5.74) is 0. The van der Waals surface area contributed by atoms with Crippen LogP contribution in [0.4, 0.5) is 0 Å². The molecule has 3 heteroatoms. The summed E-state index contributed by atoms with van der Waals surface area (Å²) in [6, 6.07) is 0. The van der Waals surface area contributed by atoms with Crippen molar-refractivity contribution in [2.45, 2.75) is 0 Å². The molecule has 0 aromatic heterocycles. The van der Waals surface area contributed by atoms with Gasteiger partial charge in [0, 0.05) is 7.05 Å². The van der Waals surface area contributed by atoms with Gasteiger partial charge in [-0.3, -0.25) is 0 Å². The summed E-state index contributed by atoms with van der Waals surface area (Å²) in [4.78, 5) is 0. The second kappa shape index (κ2) is 21.5. The Balaban J connectivity index is -0.0000000450. The lowest BCUT2D eigenvalue weighted by Gasteiger charge is -1.70. The number of nitrogens with one attached hydrogen (secondary N) is 1. The fourth-order valence-electron chi connectivity index (χ4n) is 0. The second-order valence-corrected chi connectivity index (χ2v) is 0.493. The lowest BCUT2D eigenvalue weighted by Crippen LogP contribution is -1.87. The van der Waals surface area contributed by atoms with Gasteiger partial charge in [0.25, 0.3) is 0 Å². The molecule has 0 aliphatic carbocycles. The Hall–Kier alpha value is -0.210. The molecule has 0 aromatic carbocycles. The zero-order valence-corrected chi connectivity index (χ0v) is 4.72. The van der Waals surface area contributed by atoms with Gasteiger partial charge in [0.1, 0.15) is 0 Å². The molecule has 2 nitrogen and oxygen atoms in total. The first-order valence-corrected chi connectivity index (χ1v) is 1.20. The fourth-order valence-corrected chi connectivity index (χ4v) is 0. The number of halogens is 1. The zero-order chi connectivity index (χ0) is 3.41. The van der Waals surface area contributed by atoms with E-state index in [2.05, 4.69) is 11.9 Å². The van der Waals surface area contributed by atoms with Crippen LogP contribution in [0.2, 0.25) is 0 Å². The van der Waals surface area contributed by atoms with Gasteiger partial charge in [0.15, 0.2) is 0 Å². The van der Waals surface area contributed by atoms with Crippen LogP contribution in [0.15, 0.2) is 12.8 Å². The molecule has 0 saturated heterocycles. The molecule has 0 heterocycles. The maximum absolute atomic E-state index is 3.37. The minimum absolute atomic E-state index is 0. The van der Waals surface area contributed by atoms with Crippen molar-refractivity contribution in [3.63, 3.8) is 0 Å². The van der Waals surface area contributed by atoms with Gasteiger partial charge >= 0.3 is 0 Å². The van der Waals surface area contributed by atoms with Crippen molar-refractivity contribution >= 4 is 12.4 Å². The van der Waals surface area contributed by atoms with E-state index in [1.165, 1.54) is 0 Å². The molecule has 0 aliphatic heterocycles. The first-order valence-electron chi connectivity index (χ1n) is 1.20. The molecule has 40 valence electrons. The molecule has 6 heavy (non-hydrogen) atoms. The average Bonchev–Trinajstić information content (AvgIpc) is 1.37. The predicted molar refractivity (Wildman–Crippen MR) is 31.5 cm³/mol. The Labute approximate surface area is 44.6 Å². The van der Waals surface area contributed by atoms with Crippen molar-refractivity contribution in [3.8, 4) is 0 Å². The van der Waals surface area contributed by atoms with E-state index in [-0.39, 0.29) is 18.6 Å². The summed E-state index contributed by atoms with van der Waals surface area (Å²) in [5.74, 6) is 0. The molecular formula is C3H11ClN2. The van der Waals surface area contributed by atoms with Crippen LogP contribution in [0.25, 0.3) is 0 Å². The Morgan fingerprint density at radius 2 is 1.83 bits per heavy atom. The fraction of sp³-hybridized carbons (Fsp3) is 0.333. The van der Waals surface area contributed by atoms with Crippen LogP contribution in [0.3, 0.4) is 0 Å². The third kappa shape index (κ3) is 47.3. The number of rotatable bonds is 1. The van der Waals surface area contributed by atoms with Crippen molar-refractivity contribution < 1.29 is 0 Å². The smallest absolute Gasteiger partial charge is 0.00275 e. The lowest BCUT2D eigenvalue weighted by molar-refractivity contribution is 1.11. The van der Waals surface area contributed by atoms with Crippen molar-refractivity contribution in [3.05, 3.63) is 12.8 Å². The highest BCUT2D eigenvalue weighted by Gasteiger charge is 1.35. The number of hydrogen-bond donors (Lipinski definition) is 2. The minimum Gasteiger partial charge on any atom is -0.394 e. The summed E-state index contributed by atoms with van der Waals surface area (Å²) in [5, 5.41) is 2.69. The maximum Gasteiger partial charge on any atom is 0.00275 e. The van der Waals surface area contributed by atoms with Crippen LogP contribution in [-0.4, -0.2) is 7.05 Å². The highest BCUT2D eigenvalue weighted by Crippen LogP contribution is 1.32. The SMILES string of the molecule is C=CNC.Cl.N. The molecule has 0 amide bonds. The highest BCUT2D eigenvalue weighted by molar-refractivity contribution is 5.85. The summed E-state index contributed by atoms with van der Waals surface area (Å²) < 4.78 is 0. The van der Waals surface area contributed by atoms with Crippen LogP contribution >= 0.6 is 12.4 Å². The van der Waals surface area contributed by atoms with E-state index in [1.54, 1.807) is 6.20 Å². The molecule has 0 unspecified atom stereocenters. The van der Waals surface area contributed by atoms with E-state index in [4.69, 9.17) is 0 Å². The average molecular weight is 111 g/mol. The molecule has 0 rings (SSSR count). The topological polar surface area (TPSA) is 47.0 Å². The van der Waals surface area contributed by atoms with Crippen molar-refractivity contribution in [2.24, 2.45) is 0 Å². The molecule has 0 aromatic rings. The van der Waals surface area contributed by atoms with E-state index >= 15 is 0 Å². The van der Waals surface area contributed by atoms with Crippen LogP contribution in [0.1, 0.15) is 0 Å². The Morgan fingerprint density at radius 3 is 1.83 bits per heavy atom. The van der Waals surface area contributed by atoms with E-state index in [9.17, 15) is 0 Å². The zero-order valence-electron chi connectivity index (χ0n) is 3.90. The van der Waals surface area contributed by atoms with Gasteiger partial charge in [-0.15, -0.1) is 12.4 Å². The maximum atomic E-state index is 3.37. The van der Waals surface area contributed by atoms with Gasteiger partial charge in [-0.1, -0.05) is 6.58 Å². The van der Waals surface area contributed by atoms with Crippen LogP contribution < -0.4 is 11.5 Å². The molecule has 0 radical (unpaired) electrons. The minimum atomic E-state index is 0. The first-order chi connectivity index (χ1) is 1.91. The van der Waals surface area contributed by atoms with Gasteiger partial charge < -0.3 is 11.5 Å². The Morgan fingerprint density at radius 1 is 1.67 bits per heavy atom. The third-order valence-electron chi connectivity index (χ3n) is 0.204. The Bertz CT molecular complexity index is 22.8. The largest absolute Gasteiger partial charge is 0.394 e. The monoisotopic (exact) mass is 110 g/mol. The standard InChI is InChI=1S/C3H7N.ClH.H3N/c1-3-4-2;;/h3-4H,1H2,2H3;1H;1H3. The molecule has 0 bridgehead atoms. The normalized spacial score (nSPS) is 3.50. The van der Waals surface area contributed by atoms with Gasteiger partial charge in [-0.25, -0.2) is 0 Å². The van der Waals surface area contributed by atoms with E-state index in [0.29, 0.717) is 0 Å². The van der Waals surface area contributed by atoms with E-state index in [0.717, 1.165) is 0 Å². The summed E-state index contributed by atoms with van der Waals surface area (Å²) in [6.07, 6.45) is 1.62. The third-order valence-corrected chi connectivity index (χ3v) is 0.204. The van der Waals surface area contributed by atoms with Gasteiger partial charge in [-0.2, -0.15) is 0 Å². The molecule has 0 spiro atoms. The van der Waals surface area contributed by atoms with Crippen molar-refractivity contribution in [1.29, 1.82) is 0 Å². The Kier molecular flexibility index (Phi) is 61.1. The molecule has 4 N–H and O–H groups in total. The molecular weight excluding hydrogens is 99.5 g/mol. The van der Waals surface area contributed by atoms with Crippen molar-refractivity contribution in [1.82, 2.24) is 11.5 Å². The van der Waals surface area contributed by atoms with Crippen molar-refractivity contribution in [2.75, 3.05) is 7.05 Å². The molecule has 0 atom stereocenters. The predicted octanol–water partition coefficient (Wildman–Crippen LogP) is 0.933. The van der Waals surface area contributed by atoms with Crippen LogP contribution in [0, 0.1) is 0 Å². The number of hydrogen-bond acceptors (Lipinski definition) is 2. The van der Waals surface area contributed by atoms with Crippen LogP contribution in [0.5, 0.6) is 0 Å². The van der Waals surface area contributed by atoms with E-state index in [1.807, 2.05) is 7.05 Å². The molecule has 0 fully saturated rings. The van der Waals surface area contributed by atoms with Gasteiger partial charge in [-0.05, 0) is 6.20 Å². The van der Waals surface area contributed by atoms with E-state index < -0.39 is 0 Å². The lowest BCUT2D eigenvalue weighted by atomic mass is 11.0. The summed E-state index contributed by atoms with van der Waals surface area (Å²) in [7, 11) is 1.81. The first kappa shape index (κ1) is 17.1. The van der Waals surface area contributed by atoms with Crippen LogP contribution in [-0.2, 0) is 0 Å². The summed E-state index contributed by atoms with van der Waals surface area (Å²) >= 11 is 0. The summed E-state index contributed by atoms with van der Waals surface area (Å²) in [6.45, 7) is 3.37. The second-order valence-electron chi connectivity index (χ2n) is 0.493. The quantitative estimate of drug-likeness (QED) is 0.528. The van der Waals surface area contributed by atoms with Gasteiger partial charge in [0.05, 0.1) is 0 Å². The molecule has 0 saturated carbocycles.